The van der Waals surface area contributed by atoms with E-state index in [2.05, 4.69) is 20.1 Å². The van der Waals surface area contributed by atoms with Gasteiger partial charge < -0.3 is 14.5 Å². The highest BCUT2D eigenvalue weighted by atomic mass is 16.5. The Morgan fingerprint density at radius 3 is 2.91 bits per heavy atom. The lowest BCUT2D eigenvalue weighted by atomic mass is 10.0. The molecule has 32 heavy (non-hydrogen) atoms. The lowest BCUT2D eigenvalue weighted by molar-refractivity contribution is -0.131. The Labute approximate surface area is 187 Å². The normalized spacial score (nSPS) is 18.3. The predicted octanol–water partition coefficient (Wildman–Crippen LogP) is 3.38. The van der Waals surface area contributed by atoms with Crippen molar-refractivity contribution < 1.29 is 9.53 Å². The molecule has 5 rings (SSSR count). The molecule has 4 heterocycles. The van der Waals surface area contributed by atoms with Crippen LogP contribution in [0.4, 0.5) is 5.95 Å². The van der Waals surface area contributed by atoms with Gasteiger partial charge in [-0.1, -0.05) is 12.1 Å². The van der Waals surface area contributed by atoms with E-state index in [4.69, 9.17) is 9.72 Å². The molecule has 2 fully saturated rings. The van der Waals surface area contributed by atoms with Crippen LogP contribution >= 0.6 is 0 Å². The first-order chi connectivity index (χ1) is 15.7. The molecule has 3 aromatic rings. The minimum atomic E-state index is -0.0317. The summed E-state index contributed by atoms with van der Waals surface area (Å²) in [5.41, 5.74) is 3.69. The first kappa shape index (κ1) is 20.5. The molecule has 2 aromatic heterocycles. The Bertz CT molecular complexity index is 1090. The third-order valence-corrected chi connectivity index (χ3v) is 6.37. The van der Waals surface area contributed by atoms with Crippen LogP contribution in [0.3, 0.4) is 0 Å². The number of likely N-dealkylation sites (tertiary alicyclic amines) is 1. The number of carbonyl (C=O) groups excluding carboxylic acids is 1. The summed E-state index contributed by atoms with van der Waals surface area (Å²) in [5, 5.41) is 7.48. The molecule has 1 atom stereocenters. The van der Waals surface area contributed by atoms with Gasteiger partial charge in [0.05, 0.1) is 37.2 Å². The summed E-state index contributed by atoms with van der Waals surface area (Å²) in [7, 11) is 1.64. The molecule has 2 aliphatic rings. The summed E-state index contributed by atoms with van der Waals surface area (Å²) in [6.45, 7) is 2.74. The average Bonchev–Trinajstić information content (AvgIpc) is 3.60. The number of benzene rings is 1. The summed E-state index contributed by atoms with van der Waals surface area (Å²) >= 11 is 0. The van der Waals surface area contributed by atoms with Crippen LogP contribution in [0.15, 0.2) is 42.7 Å². The molecule has 0 bridgehead atoms. The van der Waals surface area contributed by atoms with Crippen molar-refractivity contribution in [2.45, 2.75) is 38.1 Å². The van der Waals surface area contributed by atoms with Gasteiger partial charge in [-0.3, -0.25) is 9.89 Å². The van der Waals surface area contributed by atoms with Crippen LogP contribution in [0.2, 0.25) is 0 Å². The van der Waals surface area contributed by atoms with Crippen molar-refractivity contribution in [2.24, 2.45) is 0 Å². The molecule has 0 unspecified atom stereocenters. The Morgan fingerprint density at radius 1 is 1.19 bits per heavy atom. The Hall–Kier alpha value is -3.42. The molecule has 2 saturated heterocycles. The van der Waals surface area contributed by atoms with E-state index in [9.17, 15) is 4.79 Å². The van der Waals surface area contributed by atoms with Crippen molar-refractivity contribution in [2.75, 3.05) is 31.6 Å². The molecule has 8 nitrogen and oxygen atoms in total. The molecule has 0 spiro atoms. The van der Waals surface area contributed by atoms with Gasteiger partial charge in [0, 0.05) is 31.4 Å². The minimum Gasteiger partial charge on any atom is -0.497 e. The van der Waals surface area contributed by atoms with Gasteiger partial charge in [0.15, 0.2) is 0 Å². The third kappa shape index (κ3) is 4.04. The van der Waals surface area contributed by atoms with Gasteiger partial charge in [0.25, 0.3) is 0 Å². The number of H-pyrrole nitrogens is 1. The van der Waals surface area contributed by atoms with Crippen LogP contribution < -0.4 is 9.64 Å². The number of aromatic amines is 1. The van der Waals surface area contributed by atoms with Gasteiger partial charge in [-0.25, -0.2) is 9.97 Å². The van der Waals surface area contributed by atoms with Crippen molar-refractivity contribution in [1.29, 1.82) is 0 Å². The Balaban J connectivity index is 1.38. The number of nitrogens with one attached hydrogen (secondary N) is 1. The van der Waals surface area contributed by atoms with Gasteiger partial charge in [0.1, 0.15) is 5.75 Å². The molecule has 0 aliphatic carbocycles. The topological polar surface area (TPSA) is 87.2 Å². The fourth-order valence-electron chi connectivity index (χ4n) is 4.75. The molecular weight excluding hydrogens is 404 g/mol. The fourth-order valence-corrected chi connectivity index (χ4v) is 4.75. The maximum atomic E-state index is 13.2. The molecule has 8 heteroatoms. The first-order valence-electron chi connectivity index (χ1n) is 11.3. The number of amides is 1. The Morgan fingerprint density at radius 2 is 2.06 bits per heavy atom. The van der Waals surface area contributed by atoms with Gasteiger partial charge in [-0.2, -0.15) is 5.10 Å². The number of ether oxygens (including phenoxy) is 1. The van der Waals surface area contributed by atoms with Crippen molar-refractivity contribution in [3.05, 3.63) is 54.0 Å². The van der Waals surface area contributed by atoms with Crippen molar-refractivity contribution >= 4 is 11.9 Å². The average molecular weight is 433 g/mol. The zero-order chi connectivity index (χ0) is 21.9. The smallest absolute Gasteiger partial charge is 0.227 e. The summed E-state index contributed by atoms with van der Waals surface area (Å²) in [6.07, 6.45) is 8.21. The van der Waals surface area contributed by atoms with Crippen LogP contribution in [0.5, 0.6) is 5.75 Å². The van der Waals surface area contributed by atoms with Crippen LogP contribution in [0.1, 0.15) is 43.0 Å². The monoisotopic (exact) mass is 432 g/mol. The van der Waals surface area contributed by atoms with E-state index in [1.165, 1.54) is 12.8 Å². The van der Waals surface area contributed by atoms with E-state index >= 15 is 0 Å². The second-order valence-electron chi connectivity index (χ2n) is 8.41. The van der Waals surface area contributed by atoms with Crippen molar-refractivity contribution in [3.8, 4) is 17.0 Å². The van der Waals surface area contributed by atoms with E-state index in [1.807, 2.05) is 47.6 Å². The Kier molecular flexibility index (Phi) is 5.75. The molecule has 1 amide bonds. The van der Waals surface area contributed by atoms with E-state index in [1.54, 1.807) is 7.11 Å². The number of anilines is 1. The van der Waals surface area contributed by atoms with E-state index < -0.39 is 0 Å². The van der Waals surface area contributed by atoms with Gasteiger partial charge >= 0.3 is 0 Å². The number of nitrogens with zero attached hydrogens (tertiary/aromatic N) is 5. The third-order valence-electron chi connectivity index (χ3n) is 6.37. The summed E-state index contributed by atoms with van der Waals surface area (Å²) in [4.78, 5) is 26.7. The number of rotatable bonds is 6. The summed E-state index contributed by atoms with van der Waals surface area (Å²) in [6, 6.07) is 9.59. The maximum Gasteiger partial charge on any atom is 0.227 e. The van der Waals surface area contributed by atoms with Crippen LogP contribution in [-0.2, 0) is 11.2 Å². The van der Waals surface area contributed by atoms with E-state index in [-0.39, 0.29) is 11.9 Å². The lowest BCUT2D eigenvalue weighted by Gasteiger charge is -2.25. The van der Waals surface area contributed by atoms with Crippen LogP contribution in [0, 0.1) is 0 Å². The van der Waals surface area contributed by atoms with Crippen molar-refractivity contribution in [1.82, 2.24) is 25.1 Å². The zero-order valence-electron chi connectivity index (χ0n) is 18.3. The SMILES string of the molecule is COc1cccc(CC(=O)N2CCC[C@H]2c2[nH]ncc2-c2ccnc(N3CCCC3)n2)c1. The second kappa shape index (κ2) is 8.98. The first-order valence-corrected chi connectivity index (χ1v) is 11.3. The molecular formula is C24H28N6O2. The number of hydrogen-bond donors (Lipinski definition) is 1. The second-order valence-corrected chi connectivity index (χ2v) is 8.41. The summed E-state index contributed by atoms with van der Waals surface area (Å²) in [5.74, 6) is 1.65. The number of carbonyl (C=O) groups is 1. The number of hydrogen-bond acceptors (Lipinski definition) is 6. The molecule has 0 radical (unpaired) electrons. The highest BCUT2D eigenvalue weighted by molar-refractivity contribution is 5.80. The standard InChI is InChI=1S/C24H28N6O2/c1-32-18-7-4-6-17(14-18)15-22(31)30-13-5-8-21(30)23-19(16-26-28-23)20-9-10-25-24(27-20)29-11-2-3-12-29/h4,6-7,9-10,14,16,21H,2-3,5,8,11-13,15H2,1H3,(H,26,28)/t21-/m0/s1. The van der Waals surface area contributed by atoms with Crippen molar-refractivity contribution in [3.63, 3.8) is 0 Å². The van der Waals surface area contributed by atoms with Gasteiger partial charge in [0.2, 0.25) is 11.9 Å². The lowest BCUT2D eigenvalue weighted by Crippen LogP contribution is -2.32. The maximum absolute atomic E-state index is 13.2. The van der Waals surface area contributed by atoms with E-state index in [0.29, 0.717) is 6.42 Å². The fraction of sp³-hybridized carbons (Fsp3) is 0.417. The molecule has 1 N–H and O–H groups in total. The predicted molar refractivity (Wildman–Crippen MR) is 121 cm³/mol. The largest absolute Gasteiger partial charge is 0.497 e. The highest BCUT2D eigenvalue weighted by Gasteiger charge is 2.33. The van der Waals surface area contributed by atoms with Gasteiger partial charge in [-0.05, 0) is 49.4 Å². The highest BCUT2D eigenvalue weighted by Crippen LogP contribution is 2.36. The van der Waals surface area contributed by atoms with Gasteiger partial charge in [-0.15, -0.1) is 0 Å². The number of aromatic nitrogens is 4. The van der Waals surface area contributed by atoms with E-state index in [0.717, 1.165) is 66.7 Å². The summed E-state index contributed by atoms with van der Waals surface area (Å²) < 4.78 is 5.30. The zero-order valence-corrected chi connectivity index (χ0v) is 18.3. The molecule has 2 aliphatic heterocycles. The van der Waals surface area contributed by atoms with Crippen LogP contribution in [0.25, 0.3) is 11.3 Å². The molecule has 1 aromatic carbocycles. The number of methoxy groups -OCH3 is 1. The minimum absolute atomic E-state index is 0.0317. The molecule has 0 saturated carbocycles. The molecule has 166 valence electrons. The quantitative estimate of drug-likeness (QED) is 0.643. The van der Waals surface area contributed by atoms with Crippen LogP contribution in [-0.4, -0.2) is 57.7 Å².